The van der Waals surface area contributed by atoms with Crippen molar-refractivity contribution in [2.45, 2.75) is 4.90 Å². The lowest BCUT2D eigenvalue weighted by Crippen LogP contribution is -2.15. The van der Waals surface area contributed by atoms with Gasteiger partial charge in [-0.1, -0.05) is 18.2 Å². The molecule has 1 amide bonds. The number of nitro groups is 1. The Hall–Kier alpha value is -3.79. The molecule has 8 nitrogen and oxygen atoms in total. The van der Waals surface area contributed by atoms with Crippen LogP contribution in [0.3, 0.4) is 0 Å². The predicted octanol–water partition coefficient (Wildman–Crippen LogP) is 3.79. The molecule has 0 unspecified atom stereocenters. The van der Waals surface area contributed by atoms with E-state index in [0.717, 1.165) is 6.07 Å². The van der Waals surface area contributed by atoms with E-state index in [9.17, 15) is 27.7 Å². The number of halogens is 1. The summed E-state index contributed by atoms with van der Waals surface area (Å²) in [5.74, 6) is -1.29. The highest BCUT2D eigenvalue weighted by atomic mass is 32.2. The number of para-hydroxylation sites is 1. The Morgan fingerprint density at radius 3 is 2.31 bits per heavy atom. The third kappa shape index (κ3) is 4.74. The van der Waals surface area contributed by atoms with E-state index < -0.39 is 26.7 Å². The monoisotopic (exact) mass is 415 g/mol. The van der Waals surface area contributed by atoms with Crippen LogP contribution >= 0.6 is 0 Å². The molecule has 0 spiro atoms. The van der Waals surface area contributed by atoms with Crippen LogP contribution in [0.5, 0.6) is 0 Å². The van der Waals surface area contributed by atoms with Crippen molar-refractivity contribution in [3.8, 4) is 0 Å². The standard InChI is InChI=1S/C19H14FN3O5S/c20-17-6-1-2-7-18(17)22-29(27,28)16-10-8-13(9-11-16)19(24)21-14-4-3-5-15(12-14)23(25)26/h1-12,22H,(H,21,24). The average Bonchev–Trinajstić information content (AvgIpc) is 2.70. The summed E-state index contributed by atoms with van der Waals surface area (Å²) in [6, 6.07) is 15.7. The molecule has 0 aliphatic rings. The third-order valence-electron chi connectivity index (χ3n) is 3.86. The first-order valence-corrected chi connectivity index (χ1v) is 9.68. The first-order chi connectivity index (χ1) is 13.8. The van der Waals surface area contributed by atoms with Gasteiger partial charge in [-0.25, -0.2) is 12.8 Å². The Balaban J connectivity index is 1.75. The van der Waals surface area contributed by atoms with Crippen LogP contribution in [0.15, 0.2) is 77.7 Å². The van der Waals surface area contributed by atoms with E-state index >= 15 is 0 Å². The normalized spacial score (nSPS) is 10.9. The molecule has 148 valence electrons. The number of non-ortho nitro benzene ring substituents is 1. The van der Waals surface area contributed by atoms with Crippen LogP contribution in [0.2, 0.25) is 0 Å². The molecule has 0 aliphatic heterocycles. The number of carbonyl (C=O) groups is 1. The number of hydrogen-bond acceptors (Lipinski definition) is 5. The van der Waals surface area contributed by atoms with E-state index in [1.54, 1.807) is 0 Å². The Bertz CT molecular complexity index is 1180. The maximum atomic E-state index is 13.7. The number of amides is 1. The minimum Gasteiger partial charge on any atom is -0.322 e. The Kier molecular flexibility index (Phi) is 5.55. The third-order valence-corrected chi connectivity index (χ3v) is 5.24. The first-order valence-electron chi connectivity index (χ1n) is 8.19. The van der Waals surface area contributed by atoms with Gasteiger partial charge in [-0.15, -0.1) is 0 Å². The molecule has 0 radical (unpaired) electrons. The van der Waals surface area contributed by atoms with Crippen LogP contribution in [0, 0.1) is 15.9 Å². The van der Waals surface area contributed by atoms with Gasteiger partial charge < -0.3 is 5.32 Å². The summed E-state index contributed by atoms with van der Waals surface area (Å²) >= 11 is 0. The summed E-state index contributed by atoms with van der Waals surface area (Å²) in [5.41, 5.74) is -0.00748. The second kappa shape index (κ2) is 8.07. The van der Waals surface area contributed by atoms with Gasteiger partial charge in [0.1, 0.15) is 5.82 Å². The number of rotatable bonds is 6. The zero-order valence-corrected chi connectivity index (χ0v) is 15.5. The molecule has 0 fully saturated rings. The van der Waals surface area contributed by atoms with Crippen molar-refractivity contribution in [1.29, 1.82) is 0 Å². The molecule has 0 saturated carbocycles. The van der Waals surface area contributed by atoms with Crippen LogP contribution < -0.4 is 10.0 Å². The topological polar surface area (TPSA) is 118 Å². The molecule has 0 atom stereocenters. The number of anilines is 2. The van der Waals surface area contributed by atoms with E-state index in [-0.39, 0.29) is 27.5 Å². The highest BCUT2D eigenvalue weighted by Gasteiger charge is 2.17. The molecule has 3 rings (SSSR count). The van der Waals surface area contributed by atoms with Gasteiger partial charge in [0.05, 0.1) is 15.5 Å². The highest BCUT2D eigenvalue weighted by Crippen LogP contribution is 2.20. The lowest BCUT2D eigenvalue weighted by molar-refractivity contribution is -0.384. The van der Waals surface area contributed by atoms with Crippen molar-refractivity contribution in [2.75, 3.05) is 10.0 Å². The van der Waals surface area contributed by atoms with Crippen molar-refractivity contribution in [3.05, 3.63) is 94.3 Å². The van der Waals surface area contributed by atoms with Gasteiger partial charge in [0.25, 0.3) is 21.6 Å². The predicted molar refractivity (Wildman–Crippen MR) is 105 cm³/mol. The lowest BCUT2D eigenvalue weighted by Gasteiger charge is -2.10. The van der Waals surface area contributed by atoms with Crippen molar-refractivity contribution < 1.29 is 22.5 Å². The number of sulfonamides is 1. The Morgan fingerprint density at radius 1 is 0.966 bits per heavy atom. The Morgan fingerprint density at radius 2 is 1.66 bits per heavy atom. The average molecular weight is 415 g/mol. The second-order valence-corrected chi connectivity index (χ2v) is 7.55. The molecule has 29 heavy (non-hydrogen) atoms. The van der Waals surface area contributed by atoms with Crippen LogP contribution in [-0.2, 0) is 10.0 Å². The fourth-order valence-electron chi connectivity index (χ4n) is 2.43. The maximum absolute atomic E-state index is 13.7. The minimum atomic E-state index is -4.05. The molecule has 0 heterocycles. The molecule has 0 saturated heterocycles. The zero-order chi connectivity index (χ0) is 21.0. The number of carbonyl (C=O) groups excluding carboxylic acids is 1. The van der Waals surface area contributed by atoms with Crippen molar-refractivity contribution in [2.24, 2.45) is 0 Å². The van der Waals surface area contributed by atoms with Crippen molar-refractivity contribution >= 4 is 33.0 Å². The van der Waals surface area contributed by atoms with E-state index in [4.69, 9.17) is 0 Å². The number of hydrogen-bond donors (Lipinski definition) is 2. The second-order valence-electron chi connectivity index (χ2n) is 5.87. The van der Waals surface area contributed by atoms with Gasteiger partial charge in [0.2, 0.25) is 0 Å². The minimum absolute atomic E-state index is 0.140. The van der Waals surface area contributed by atoms with Gasteiger partial charge in [0.15, 0.2) is 0 Å². The molecule has 10 heteroatoms. The molecule has 0 aliphatic carbocycles. The molecular weight excluding hydrogens is 401 g/mol. The largest absolute Gasteiger partial charge is 0.322 e. The summed E-state index contributed by atoms with van der Waals surface area (Å²) in [4.78, 5) is 22.4. The van der Waals surface area contributed by atoms with E-state index in [0.29, 0.717) is 0 Å². The Labute approximate surface area is 165 Å². The van der Waals surface area contributed by atoms with Gasteiger partial charge >= 0.3 is 0 Å². The molecule has 3 aromatic carbocycles. The smallest absolute Gasteiger partial charge is 0.271 e. The van der Waals surface area contributed by atoms with Crippen LogP contribution in [-0.4, -0.2) is 19.2 Å². The molecule has 0 bridgehead atoms. The van der Waals surface area contributed by atoms with Crippen molar-refractivity contribution in [1.82, 2.24) is 0 Å². The summed E-state index contributed by atoms with van der Waals surface area (Å²) in [6.07, 6.45) is 0. The summed E-state index contributed by atoms with van der Waals surface area (Å²) < 4.78 is 40.6. The van der Waals surface area contributed by atoms with Crippen LogP contribution in [0.25, 0.3) is 0 Å². The van der Waals surface area contributed by atoms with Crippen LogP contribution in [0.1, 0.15) is 10.4 Å². The lowest BCUT2D eigenvalue weighted by atomic mass is 10.2. The number of nitrogens with zero attached hydrogens (tertiary/aromatic N) is 1. The highest BCUT2D eigenvalue weighted by molar-refractivity contribution is 7.92. The maximum Gasteiger partial charge on any atom is 0.271 e. The number of nitro benzene ring substituents is 1. The van der Waals surface area contributed by atoms with Gasteiger partial charge in [0, 0.05) is 23.4 Å². The van der Waals surface area contributed by atoms with E-state index in [2.05, 4.69) is 10.0 Å². The molecule has 3 aromatic rings. The van der Waals surface area contributed by atoms with Gasteiger partial charge in [-0.2, -0.15) is 0 Å². The number of nitrogens with one attached hydrogen (secondary N) is 2. The van der Waals surface area contributed by atoms with Gasteiger partial charge in [-0.05, 0) is 42.5 Å². The van der Waals surface area contributed by atoms with Gasteiger partial charge in [-0.3, -0.25) is 19.6 Å². The van der Waals surface area contributed by atoms with E-state index in [1.807, 2.05) is 0 Å². The van der Waals surface area contributed by atoms with Crippen LogP contribution in [0.4, 0.5) is 21.5 Å². The van der Waals surface area contributed by atoms with Crippen molar-refractivity contribution in [3.63, 3.8) is 0 Å². The fraction of sp³-hybridized carbons (Fsp3) is 0. The summed E-state index contributed by atoms with van der Waals surface area (Å²) in [6.45, 7) is 0. The zero-order valence-electron chi connectivity index (χ0n) is 14.7. The fourth-order valence-corrected chi connectivity index (χ4v) is 3.50. The molecular formula is C19H14FN3O5S. The SMILES string of the molecule is O=C(Nc1cccc([N+](=O)[O-])c1)c1ccc(S(=O)(=O)Nc2ccccc2F)cc1. The summed E-state index contributed by atoms with van der Waals surface area (Å²) in [5, 5.41) is 13.3. The van der Waals surface area contributed by atoms with E-state index in [1.165, 1.54) is 66.7 Å². The molecule has 0 aromatic heterocycles. The number of benzene rings is 3. The quantitative estimate of drug-likeness (QED) is 0.469. The summed E-state index contributed by atoms with van der Waals surface area (Å²) in [7, 11) is -4.05. The molecule has 2 N–H and O–H groups in total. The first kappa shape index (κ1) is 20.0.